The molecule has 12 heavy (non-hydrogen) atoms. The molecule has 0 unspecified atom stereocenters. The van der Waals surface area contributed by atoms with E-state index in [9.17, 15) is 0 Å². The van der Waals surface area contributed by atoms with Crippen LogP contribution in [0.3, 0.4) is 0 Å². The zero-order chi connectivity index (χ0) is 9.19. The van der Waals surface area contributed by atoms with Gasteiger partial charge in [0.25, 0.3) is 0 Å². The van der Waals surface area contributed by atoms with Crippen molar-refractivity contribution in [2.75, 3.05) is 0 Å². The van der Waals surface area contributed by atoms with Crippen LogP contribution in [0.15, 0.2) is 18.3 Å². The van der Waals surface area contributed by atoms with Gasteiger partial charge >= 0.3 is 3.98 Å². The molecule has 0 fully saturated rings. The minimum atomic E-state index is -1.73. The zero-order valence-corrected chi connectivity index (χ0v) is 8.49. The highest BCUT2D eigenvalue weighted by atomic mass is 35.6. The normalized spacial score (nSPS) is 11.3. The standard InChI is InChI=1S/C7H6Cl3NO/c1-5-6(3-2-4-11-5)12-7(8,9)10/h2-4H,1H3. The molecule has 0 atom stereocenters. The molecule has 1 aromatic rings. The fourth-order valence-corrected chi connectivity index (χ4v) is 0.951. The maximum absolute atomic E-state index is 5.42. The molecular formula is C7H6Cl3NO. The number of alkyl halides is 3. The molecule has 0 radical (unpaired) electrons. The highest BCUT2D eigenvalue weighted by molar-refractivity contribution is 6.66. The van der Waals surface area contributed by atoms with Crippen LogP contribution in [0.5, 0.6) is 5.75 Å². The fraction of sp³-hybridized carbons (Fsp3) is 0.286. The van der Waals surface area contributed by atoms with Crippen LogP contribution in [0.4, 0.5) is 0 Å². The number of pyridine rings is 1. The first-order valence-electron chi connectivity index (χ1n) is 3.16. The van der Waals surface area contributed by atoms with Crippen LogP contribution < -0.4 is 4.74 Å². The third kappa shape index (κ3) is 3.05. The molecule has 0 saturated carbocycles. The van der Waals surface area contributed by atoms with Gasteiger partial charge in [-0.05, 0) is 53.9 Å². The van der Waals surface area contributed by atoms with Crippen molar-refractivity contribution < 1.29 is 4.74 Å². The molecule has 66 valence electrons. The SMILES string of the molecule is Cc1ncccc1OC(Cl)(Cl)Cl. The van der Waals surface area contributed by atoms with Crippen LogP contribution in [0, 0.1) is 6.92 Å². The van der Waals surface area contributed by atoms with Crippen LogP contribution in [0.2, 0.25) is 0 Å². The quantitative estimate of drug-likeness (QED) is 0.687. The van der Waals surface area contributed by atoms with Crippen LogP contribution in [0.25, 0.3) is 0 Å². The Labute approximate surface area is 85.4 Å². The van der Waals surface area contributed by atoms with Crippen molar-refractivity contribution >= 4 is 34.8 Å². The topological polar surface area (TPSA) is 22.1 Å². The summed E-state index contributed by atoms with van der Waals surface area (Å²) in [6.45, 7) is 1.77. The van der Waals surface area contributed by atoms with E-state index in [0.717, 1.165) is 0 Å². The largest absolute Gasteiger partial charge is 0.444 e. The zero-order valence-electron chi connectivity index (χ0n) is 6.22. The number of halogens is 3. The van der Waals surface area contributed by atoms with E-state index in [-0.39, 0.29) is 0 Å². The number of aromatic nitrogens is 1. The number of aryl methyl sites for hydroxylation is 1. The number of nitrogens with zero attached hydrogens (tertiary/aromatic N) is 1. The van der Waals surface area contributed by atoms with Crippen LogP contribution in [0.1, 0.15) is 5.69 Å². The molecule has 5 heteroatoms. The second kappa shape index (κ2) is 3.69. The van der Waals surface area contributed by atoms with Crippen molar-refractivity contribution in [1.82, 2.24) is 4.98 Å². The van der Waals surface area contributed by atoms with E-state index in [0.29, 0.717) is 11.4 Å². The smallest absolute Gasteiger partial charge is 0.338 e. The highest BCUT2D eigenvalue weighted by Crippen LogP contribution is 2.30. The van der Waals surface area contributed by atoms with Gasteiger partial charge in [-0.1, -0.05) is 0 Å². The number of rotatable bonds is 1. The number of hydrogen-bond donors (Lipinski definition) is 0. The molecule has 0 spiro atoms. The van der Waals surface area contributed by atoms with Gasteiger partial charge in [-0.2, -0.15) is 0 Å². The monoisotopic (exact) mass is 225 g/mol. The van der Waals surface area contributed by atoms with Crippen molar-refractivity contribution in [2.45, 2.75) is 10.9 Å². The third-order valence-corrected chi connectivity index (χ3v) is 1.42. The average molecular weight is 226 g/mol. The second-order valence-electron chi connectivity index (χ2n) is 2.13. The van der Waals surface area contributed by atoms with Crippen molar-refractivity contribution in [1.29, 1.82) is 0 Å². The van der Waals surface area contributed by atoms with Crippen LogP contribution in [-0.2, 0) is 0 Å². The summed E-state index contributed by atoms with van der Waals surface area (Å²) < 4.78 is 3.24. The van der Waals surface area contributed by atoms with Gasteiger partial charge in [-0.25, -0.2) is 0 Å². The molecule has 0 amide bonds. The minimum Gasteiger partial charge on any atom is -0.444 e. The maximum Gasteiger partial charge on any atom is 0.338 e. The van der Waals surface area contributed by atoms with Crippen molar-refractivity contribution in [2.24, 2.45) is 0 Å². The van der Waals surface area contributed by atoms with E-state index in [2.05, 4.69) is 4.98 Å². The van der Waals surface area contributed by atoms with Gasteiger partial charge in [0.15, 0.2) is 0 Å². The molecule has 0 saturated heterocycles. The Morgan fingerprint density at radius 1 is 1.42 bits per heavy atom. The summed E-state index contributed by atoms with van der Waals surface area (Å²) in [5.41, 5.74) is 0.684. The van der Waals surface area contributed by atoms with E-state index in [4.69, 9.17) is 39.5 Å². The summed E-state index contributed by atoms with van der Waals surface area (Å²) in [5, 5.41) is 0. The van der Waals surface area contributed by atoms with Gasteiger partial charge in [0, 0.05) is 6.20 Å². The first-order valence-corrected chi connectivity index (χ1v) is 4.30. The Bertz CT molecular complexity index is 272. The van der Waals surface area contributed by atoms with E-state index in [1.807, 2.05) is 0 Å². The Hall–Kier alpha value is -0.180. The van der Waals surface area contributed by atoms with Gasteiger partial charge in [-0.15, -0.1) is 0 Å². The van der Waals surface area contributed by atoms with E-state index in [1.165, 1.54) is 0 Å². The summed E-state index contributed by atoms with van der Waals surface area (Å²) in [6.07, 6.45) is 1.64. The summed E-state index contributed by atoms with van der Waals surface area (Å²) in [5.74, 6) is 0.470. The fourth-order valence-electron chi connectivity index (χ4n) is 0.702. The first kappa shape index (κ1) is 9.90. The molecular weight excluding hydrogens is 220 g/mol. The van der Waals surface area contributed by atoms with Gasteiger partial charge < -0.3 is 4.74 Å². The molecule has 0 bridgehead atoms. The Balaban J connectivity index is 2.83. The van der Waals surface area contributed by atoms with Gasteiger partial charge in [-0.3, -0.25) is 4.98 Å². The molecule has 0 aliphatic carbocycles. The van der Waals surface area contributed by atoms with Crippen molar-refractivity contribution in [3.05, 3.63) is 24.0 Å². The summed E-state index contributed by atoms with van der Waals surface area (Å²) in [6, 6.07) is 3.39. The van der Waals surface area contributed by atoms with E-state index < -0.39 is 3.98 Å². The van der Waals surface area contributed by atoms with Gasteiger partial charge in [0.1, 0.15) is 5.75 Å². The Morgan fingerprint density at radius 3 is 2.58 bits per heavy atom. The lowest BCUT2D eigenvalue weighted by atomic mass is 10.3. The third-order valence-electron chi connectivity index (χ3n) is 1.18. The van der Waals surface area contributed by atoms with E-state index >= 15 is 0 Å². The molecule has 0 aromatic carbocycles. The number of ether oxygens (including phenoxy) is 1. The first-order chi connectivity index (χ1) is 5.49. The molecule has 1 rings (SSSR count). The number of hydrogen-bond acceptors (Lipinski definition) is 2. The van der Waals surface area contributed by atoms with Crippen LogP contribution >= 0.6 is 34.8 Å². The molecule has 1 heterocycles. The minimum absolute atomic E-state index is 0.470. The maximum atomic E-state index is 5.42. The lowest BCUT2D eigenvalue weighted by Gasteiger charge is -2.14. The molecule has 0 aliphatic heterocycles. The predicted molar refractivity (Wildman–Crippen MR) is 49.9 cm³/mol. The molecule has 1 aromatic heterocycles. The highest BCUT2D eigenvalue weighted by Gasteiger charge is 2.22. The summed E-state index contributed by atoms with van der Waals surface area (Å²) in [7, 11) is 0. The van der Waals surface area contributed by atoms with Gasteiger partial charge in [0.2, 0.25) is 0 Å². The summed E-state index contributed by atoms with van der Waals surface area (Å²) in [4.78, 5) is 3.96. The second-order valence-corrected chi connectivity index (χ2v) is 4.31. The van der Waals surface area contributed by atoms with E-state index in [1.54, 1.807) is 25.3 Å². The molecule has 0 aliphatic rings. The lowest BCUT2D eigenvalue weighted by molar-refractivity contribution is 0.316. The molecule has 2 nitrogen and oxygen atoms in total. The Kier molecular flexibility index (Phi) is 3.04. The predicted octanol–water partition coefficient (Wildman–Crippen LogP) is 3.10. The average Bonchev–Trinajstić information content (AvgIpc) is 1.91. The van der Waals surface area contributed by atoms with Crippen LogP contribution in [-0.4, -0.2) is 8.96 Å². The summed E-state index contributed by atoms with van der Waals surface area (Å²) >= 11 is 16.3. The van der Waals surface area contributed by atoms with Crippen molar-refractivity contribution in [3.8, 4) is 5.75 Å². The van der Waals surface area contributed by atoms with Gasteiger partial charge in [0.05, 0.1) is 5.69 Å². The Morgan fingerprint density at radius 2 is 2.08 bits per heavy atom. The molecule has 0 N–H and O–H groups in total. The lowest BCUT2D eigenvalue weighted by Crippen LogP contribution is -2.13. The van der Waals surface area contributed by atoms with Crippen molar-refractivity contribution in [3.63, 3.8) is 0 Å².